The average Bonchev–Trinajstić information content (AvgIpc) is 2.67. The van der Waals surface area contributed by atoms with Crippen LogP contribution in [-0.4, -0.2) is 38.5 Å². The van der Waals surface area contributed by atoms with Crippen LogP contribution in [0.15, 0.2) is 22.2 Å². The quantitative estimate of drug-likeness (QED) is 0.574. The highest BCUT2D eigenvalue weighted by atomic mass is 32.2. The lowest BCUT2D eigenvalue weighted by Crippen LogP contribution is -2.38. The summed E-state index contributed by atoms with van der Waals surface area (Å²) in [5, 5.41) is 2.35. The smallest absolute Gasteiger partial charge is 0.433 e. The Kier molecular flexibility index (Phi) is 7.75. The Hall–Kier alpha value is -2.83. The molecule has 9 nitrogen and oxygen atoms in total. The summed E-state index contributed by atoms with van der Waals surface area (Å²) in [5.74, 6) is -1.14. The minimum atomic E-state index is -4.68. The Labute approximate surface area is 184 Å². The third-order valence-corrected chi connectivity index (χ3v) is 5.80. The minimum Gasteiger partial charge on any atom is -0.477 e. The third kappa shape index (κ3) is 5.90. The maximum Gasteiger partial charge on any atom is 0.433 e. The summed E-state index contributed by atoms with van der Waals surface area (Å²) in [7, 11) is -4.47. The summed E-state index contributed by atoms with van der Waals surface area (Å²) >= 11 is 0. The Balaban J connectivity index is 2.41. The summed E-state index contributed by atoms with van der Waals surface area (Å²) in [6.07, 6.45) is -3.33. The van der Waals surface area contributed by atoms with Crippen LogP contribution in [0.5, 0.6) is 0 Å². The van der Waals surface area contributed by atoms with Crippen LogP contribution in [-0.2, 0) is 20.9 Å². The number of hydrogen-bond acceptors (Lipinski definition) is 7. The number of urea groups is 1. The first-order chi connectivity index (χ1) is 14.8. The molecule has 4 N–H and O–H groups in total. The first kappa shape index (κ1) is 25.4. The highest BCUT2D eigenvalue weighted by Gasteiger charge is 2.35. The van der Waals surface area contributed by atoms with E-state index < -0.39 is 44.7 Å². The number of nitrogens with two attached hydrogens (primary N) is 1. The van der Waals surface area contributed by atoms with Gasteiger partial charge in [0.15, 0.2) is 4.91 Å². The molecule has 0 fully saturated rings. The molecule has 0 saturated heterocycles. The van der Waals surface area contributed by atoms with E-state index in [4.69, 9.17) is 10.5 Å². The van der Waals surface area contributed by atoms with E-state index in [0.717, 1.165) is 12.3 Å². The number of carbonyl (C=O) groups is 1. The van der Waals surface area contributed by atoms with E-state index in [9.17, 15) is 26.4 Å². The van der Waals surface area contributed by atoms with Crippen LogP contribution < -0.4 is 15.8 Å². The fourth-order valence-electron chi connectivity index (χ4n) is 2.94. The topological polar surface area (TPSA) is 136 Å². The molecule has 1 aromatic heterocycles. The number of nitrogens with zero attached hydrogens (tertiary/aromatic N) is 2. The second-order valence-electron chi connectivity index (χ2n) is 7.64. The minimum absolute atomic E-state index is 0.0141. The number of ether oxygens (including phenoxy) is 1. The van der Waals surface area contributed by atoms with Crippen molar-refractivity contribution in [3.8, 4) is 0 Å². The number of aliphatic imine (C=N–C) groups is 1. The van der Waals surface area contributed by atoms with Crippen LogP contribution in [0.25, 0.3) is 0 Å². The summed E-state index contributed by atoms with van der Waals surface area (Å²) in [6.45, 7) is 7.09. The SMILES string of the molecule is CC(C)c1cc(C(F)(F)F)nc(C(C)C)c1NC(=O)NS(=O)(=O)C(=CN)C1=NCCCO1. The predicted molar refractivity (Wildman–Crippen MR) is 114 cm³/mol. The van der Waals surface area contributed by atoms with Crippen LogP contribution in [0.2, 0.25) is 0 Å². The van der Waals surface area contributed by atoms with E-state index in [1.165, 1.54) is 0 Å². The summed E-state index contributed by atoms with van der Waals surface area (Å²) in [6, 6.07) is -0.345. The highest BCUT2D eigenvalue weighted by molar-refractivity contribution is 7.94. The van der Waals surface area contributed by atoms with Gasteiger partial charge in [0.25, 0.3) is 10.0 Å². The van der Waals surface area contributed by atoms with Gasteiger partial charge in [-0.2, -0.15) is 13.2 Å². The summed E-state index contributed by atoms with van der Waals surface area (Å²) in [4.78, 5) is 19.7. The second kappa shape index (κ2) is 9.76. The van der Waals surface area contributed by atoms with Gasteiger partial charge in [-0.1, -0.05) is 27.7 Å². The van der Waals surface area contributed by atoms with Crippen LogP contribution in [0.1, 0.15) is 62.9 Å². The molecule has 1 aliphatic heterocycles. The zero-order chi connectivity index (χ0) is 24.3. The molecule has 1 aromatic rings. The number of rotatable bonds is 6. The molecule has 0 aliphatic carbocycles. The van der Waals surface area contributed by atoms with Gasteiger partial charge in [0.2, 0.25) is 5.90 Å². The van der Waals surface area contributed by atoms with Crippen molar-refractivity contribution in [2.24, 2.45) is 10.7 Å². The fourth-order valence-corrected chi connectivity index (χ4v) is 3.88. The van der Waals surface area contributed by atoms with Crippen LogP contribution in [0, 0.1) is 0 Å². The van der Waals surface area contributed by atoms with Gasteiger partial charge in [0, 0.05) is 19.2 Å². The molecule has 1 aliphatic rings. The molecule has 0 unspecified atom stereocenters. The van der Waals surface area contributed by atoms with Gasteiger partial charge in [-0.15, -0.1) is 0 Å². The van der Waals surface area contributed by atoms with E-state index in [1.54, 1.807) is 32.4 Å². The van der Waals surface area contributed by atoms with E-state index in [-0.39, 0.29) is 29.4 Å². The van der Waals surface area contributed by atoms with Crippen molar-refractivity contribution < 1.29 is 31.1 Å². The molecule has 0 spiro atoms. The fraction of sp³-hybridized carbons (Fsp3) is 0.526. The van der Waals surface area contributed by atoms with Crippen molar-refractivity contribution >= 4 is 27.6 Å². The van der Waals surface area contributed by atoms with Crippen molar-refractivity contribution in [2.75, 3.05) is 18.5 Å². The number of amides is 2. The van der Waals surface area contributed by atoms with Crippen LogP contribution >= 0.6 is 0 Å². The van der Waals surface area contributed by atoms with Gasteiger partial charge < -0.3 is 15.8 Å². The number of nitrogens with one attached hydrogen (secondary N) is 2. The van der Waals surface area contributed by atoms with Gasteiger partial charge in [-0.05, 0) is 23.5 Å². The number of alkyl halides is 3. The molecule has 2 rings (SSSR count). The number of hydrogen-bond donors (Lipinski definition) is 3. The van der Waals surface area contributed by atoms with Crippen molar-refractivity contribution in [1.82, 2.24) is 9.71 Å². The Morgan fingerprint density at radius 1 is 1.25 bits per heavy atom. The number of pyridine rings is 1. The van der Waals surface area contributed by atoms with Gasteiger partial charge in [-0.25, -0.2) is 22.9 Å². The molecule has 2 heterocycles. The molecular weight excluding hydrogens is 451 g/mol. The average molecular weight is 478 g/mol. The van der Waals surface area contributed by atoms with Gasteiger partial charge >= 0.3 is 12.2 Å². The molecule has 0 atom stereocenters. The monoisotopic (exact) mass is 477 g/mol. The highest BCUT2D eigenvalue weighted by Crippen LogP contribution is 2.37. The van der Waals surface area contributed by atoms with Gasteiger partial charge in [0.05, 0.1) is 18.0 Å². The largest absolute Gasteiger partial charge is 0.477 e. The number of sulfonamides is 1. The molecule has 2 amide bonds. The lowest BCUT2D eigenvalue weighted by atomic mass is 9.96. The Morgan fingerprint density at radius 3 is 2.38 bits per heavy atom. The van der Waals surface area contributed by atoms with Crippen LogP contribution in [0.3, 0.4) is 0 Å². The molecule has 0 aromatic carbocycles. The van der Waals surface area contributed by atoms with Gasteiger partial charge in [0.1, 0.15) is 5.69 Å². The Bertz CT molecular complexity index is 1000. The zero-order valence-corrected chi connectivity index (χ0v) is 18.9. The predicted octanol–water partition coefficient (Wildman–Crippen LogP) is 3.42. The van der Waals surface area contributed by atoms with Crippen molar-refractivity contribution in [3.05, 3.63) is 34.1 Å². The Morgan fingerprint density at radius 2 is 1.91 bits per heavy atom. The van der Waals surface area contributed by atoms with Crippen molar-refractivity contribution in [2.45, 2.75) is 52.1 Å². The third-order valence-electron chi connectivity index (χ3n) is 4.45. The number of carbonyl (C=O) groups excluding carboxylic acids is 1. The van der Waals surface area contributed by atoms with Gasteiger partial charge in [-0.3, -0.25) is 4.99 Å². The van der Waals surface area contributed by atoms with E-state index in [0.29, 0.717) is 13.0 Å². The molecular formula is C19H26F3N5O4S. The second-order valence-corrected chi connectivity index (χ2v) is 9.29. The summed E-state index contributed by atoms with van der Waals surface area (Å²) in [5.41, 5.74) is 4.48. The molecule has 0 saturated carbocycles. The molecule has 32 heavy (non-hydrogen) atoms. The number of anilines is 1. The maximum absolute atomic E-state index is 13.3. The number of aromatic nitrogens is 1. The first-order valence-corrected chi connectivity index (χ1v) is 11.3. The van der Waals surface area contributed by atoms with E-state index in [1.807, 2.05) is 0 Å². The lowest BCUT2D eigenvalue weighted by Gasteiger charge is -2.22. The van der Waals surface area contributed by atoms with E-state index >= 15 is 0 Å². The van der Waals surface area contributed by atoms with Crippen molar-refractivity contribution in [1.29, 1.82) is 0 Å². The maximum atomic E-state index is 13.3. The zero-order valence-electron chi connectivity index (χ0n) is 18.1. The molecule has 0 bridgehead atoms. The van der Waals surface area contributed by atoms with Crippen molar-refractivity contribution in [3.63, 3.8) is 0 Å². The normalized spacial score (nSPS) is 15.4. The summed E-state index contributed by atoms with van der Waals surface area (Å²) < 4.78 is 72.2. The van der Waals surface area contributed by atoms with Crippen LogP contribution in [0.4, 0.5) is 23.7 Å². The number of halogens is 3. The van der Waals surface area contributed by atoms with E-state index in [2.05, 4.69) is 15.3 Å². The molecule has 178 valence electrons. The molecule has 0 radical (unpaired) electrons. The molecule has 13 heteroatoms. The first-order valence-electron chi connectivity index (χ1n) is 9.83. The lowest BCUT2D eigenvalue weighted by molar-refractivity contribution is -0.141. The standard InChI is InChI=1S/C19H26F3N5O4S/c1-10(2)12-8-14(19(20,21)22)25-15(11(3)4)16(12)26-18(28)27-32(29,30)13(9-23)17-24-6-5-7-31-17/h8-11H,5-7,23H2,1-4H3,(H2,26,27,28).